The largest absolute Gasteiger partial charge is 0.300 e. The molecule has 18 heavy (non-hydrogen) atoms. The number of alkyl halides is 1. The third-order valence-corrected chi connectivity index (χ3v) is 4.21. The first-order valence-corrected chi connectivity index (χ1v) is 7.73. The zero-order chi connectivity index (χ0) is 12.8. The summed E-state index contributed by atoms with van der Waals surface area (Å²) in [5.74, 6) is 0.779. The molecule has 0 aliphatic carbocycles. The Labute approximate surface area is 118 Å². The van der Waals surface area contributed by atoms with Crippen molar-refractivity contribution in [2.75, 3.05) is 19.5 Å². The molecular formula is C14H19ClN2S. The van der Waals surface area contributed by atoms with Crippen LogP contribution in [0, 0.1) is 0 Å². The maximum Gasteiger partial charge on any atom is 0.108 e. The van der Waals surface area contributed by atoms with Crippen molar-refractivity contribution in [1.29, 1.82) is 0 Å². The SMILES string of the molecule is CN(CCCCCCl)Cc1nc2ccccc2s1. The third kappa shape index (κ3) is 3.94. The van der Waals surface area contributed by atoms with E-state index in [1.54, 1.807) is 11.3 Å². The van der Waals surface area contributed by atoms with Crippen LogP contribution in [0.5, 0.6) is 0 Å². The van der Waals surface area contributed by atoms with Crippen molar-refractivity contribution in [2.24, 2.45) is 0 Å². The van der Waals surface area contributed by atoms with E-state index >= 15 is 0 Å². The van der Waals surface area contributed by atoms with Crippen molar-refractivity contribution in [3.05, 3.63) is 29.3 Å². The van der Waals surface area contributed by atoms with Gasteiger partial charge in [0, 0.05) is 5.88 Å². The number of rotatable bonds is 7. The molecule has 1 aromatic carbocycles. The van der Waals surface area contributed by atoms with Gasteiger partial charge in [-0.05, 0) is 38.6 Å². The first kappa shape index (κ1) is 13.8. The molecule has 0 saturated heterocycles. The summed E-state index contributed by atoms with van der Waals surface area (Å²) >= 11 is 7.47. The van der Waals surface area contributed by atoms with Crippen LogP contribution in [0.1, 0.15) is 24.3 Å². The van der Waals surface area contributed by atoms with Crippen molar-refractivity contribution < 1.29 is 0 Å². The lowest BCUT2D eigenvalue weighted by Gasteiger charge is -2.14. The first-order valence-electron chi connectivity index (χ1n) is 6.38. The molecule has 0 fully saturated rings. The van der Waals surface area contributed by atoms with Crippen LogP contribution in [-0.2, 0) is 6.54 Å². The number of nitrogens with zero attached hydrogens (tertiary/aromatic N) is 2. The van der Waals surface area contributed by atoms with Crippen LogP contribution in [0.25, 0.3) is 10.2 Å². The number of thiazole rings is 1. The van der Waals surface area contributed by atoms with Crippen molar-refractivity contribution in [1.82, 2.24) is 9.88 Å². The van der Waals surface area contributed by atoms with Gasteiger partial charge in [0.25, 0.3) is 0 Å². The average molecular weight is 283 g/mol. The second kappa shape index (κ2) is 7.07. The Kier molecular flexibility index (Phi) is 5.42. The maximum atomic E-state index is 5.67. The molecule has 0 radical (unpaired) electrons. The van der Waals surface area contributed by atoms with Crippen LogP contribution in [0.15, 0.2) is 24.3 Å². The molecule has 0 atom stereocenters. The lowest BCUT2D eigenvalue weighted by atomic mass is 10.2. The minimum Gasteiger partial charge on any atom is -0.300 e. The molecule has 2 nitrogen and oxygen atoms in total. The zero-order valence-electron chi connectivity index (χ0n) is 10.7. The van der Waals surface area contributed by atoms with Crippen molar-refractivity contribution in [3.63, 3.8) is 0 Å². The zero-order valence-corrected chi connectivity index (χ0v) is 12.3. The highest BCUT2D eigenvalue weighted by atomic mass is 35.5. The second-order valence-corrected chi connectivity index (χ2v) is 6.06. The Morgan fingerprint density at radius 3 is 2.83 bits per heavy atom. The number of halogens is 1. The summed E-state index contributed by atoms with van der Waals surface area (Å²) in [6.45, 7) is 2.06. The van der Waals surface area contributed by atoms with E-state index in [1.165, 1.54) is 22.5 Å². The highest BCUT2D eigenvalue weighted by Crippen LogP contribution is 2.22. The quantitative estimate of drug-likeness (QED) is 0.560. The predicted octanol–water partition coefficient (Wildman–Crippen LogP) is 4.14. The Morgan fingerprint density at radius 1 is 1.22 bits per heavy atom. The molecule has 4 heteroatoms. The van der Waals surface area contributed by atoms with E-state index in [0.717, 1.165) is 30.9 Å². The highest BCUT2D eigenvalue weighted by Gasteiger charge is 2.06. The van der Waals surface area contributed by atoms with Crippen LogP contribution in [0.2, 0.25) is 0 Å². The van der Waals surface area contributed by atoms with Crippen LogP contribution < -0.4 is 0 Å². The number of fused-ring (bicyclic) bond motifs is 1. The molecule has 0 spiro atoms. The van der Waals surface area contributed by atoms with Gasteiger partial charge in [-0.1, -0.05) is 18.6 Å². The topological polar surface area (TPSA) is 16.1 Å². The summed E-state index contributed by atoms with van der Waals surface area (Å²) in [5.41, 5.74) is 1.12. The summed E-state index contributed by atoms with van der Waals surface area (Å²) in [4.78, 5) is 6.99. The number of hydrogen-bond donors (Lipinski definition) is 0. The maximum absolute atomic E-state index is 5.67. The van der Waals surface area contributed by atoms with Gasteiger partial charge in [-0.2, -0.15) is 0 Å². The standard InChI is InChI=1S/C14H19ClN2S/c1-17(10-6-2-5-9-15)11-14-16-12-7-3-4-8-13(12)18-14/h3-4,7-8H,2,5-6,9-11H2,1H3. The monoisotopic (exact) mass is 282 g/mol. The van der Waals surface area contributed by atoms with Gasteiger partial charge in [0.2, 0.25) is 0 Å². The van der Waals surface area contributed by atoms with E-state index in [1.807, 2.05) is 6.07 Å². The minimum absolute atomic E-state index is 0.779. The van der Waals surface area contributed by atoms with Crippen molar-refractivity contribution >= 4 is 33.2 Å². The number of benzene rings is 1. The molecular weight excluding hydrogens is 264 g/mol. The van der Waals surface area contributed by atoms with Gasteiger partial charge in [-0.3, -0.25) is 4.90 Å². The van der Waals surface area contributed by atoms with Crippen molar-refractivity contribution in [2.45, 2.75) is 25.8 Å². The normalized spacial score (nSPS) is 11.5. The molecule has 0 amide bonds. The summed E-state index contributed by atoms with van der Waals surface area (Å²) < 4.78 is 1.28. The summed E-state index contributed by atoms with van der Waals surface area (Å²) in [5, 5.41) is 1.20. The van der Waals surface area contributed by atoms with Gasteiger partial charge in [-0.25, -0.2) is 4.98 Å². The van der Waals surface area contributed by atoms with E-state index in [2.05, 4.69) is 35.1 Å². The van der Waals surface area contributed by atoms with Crippen LogP contribution in [0.4, 0.5) is 0 Å². The second-order valence-electron chi connectivity index (χ2n) is 4.56. The summed E-state index contributed by atoms with van der Waals surface area (Å²) in [6, 6.07) is 8.33. The lowest BCUT2D eigenvalue weighted by molar-refractivity contribution is 0.318. The van der Waals surface area contributed by atoms with Crippen LogP contribution in [-0.4, -0.2) is 29.4 Å². The fraction of sp³-hybridized carbons (Fsp3) is 0.500. The van der Waals surface area contributed by atoms with Gasteiger partial charge in [0.1, 0.15) is 5.01 Å². The number of para-hydroxylation sites is 1. The van der Waals surface area contributed by atoms with E-state index < -0.39 is 0 Å². The number of hydrogen-bond acceptors (Lipinski definition) is 3. The Morgan fingerprint density at radius 2 is 2.06 bits per heavy atom. The number of aromatic nitrogens is 1. The molecule has 2 rings (SSSR count). The van der Waals surface area contributed by atoms with E-state index in [-0.39, 0.29) is 0 Å². The molecule has 0 aliphatic heterocycles. The predicted molar refractivity (Wildman–Crippen MR) is 80.5 cm³/mol. The molecule has 0 saturated carbocycles. The smallest absolute Gasteiger partial charge is 0.108 e. The number of unbranched alkanes of at least 4 members (excludes halogenated alkanes) is 2. The Hall–Kier alpha value is -0.640. The molecule has 0 bridgehead atoms. The molecule has 1 heterocycles. The van der Waals surface area contributed by atoms with E-state index in [9.17, 15) is 0 Å². The molecule has 0 N–H and O–H groups in total. The highest BCUT2D eigenvalue weighted by molar-refractivity contribution is 7.18. The first-order chi connectivity index (χ1) is 8.79. The molecule has 0 aliphatic rings. The molecule has 2 aromatic rings. The Balaban J connectivity index is 1.84. The van der Waals surface area contributed by atoms with Gasteiger partial charge in [-0.15, -0.1) is 22.9 Å². The van der Waals surface area contributed by atoms with Crippen LogP contribution >= 0.6 is 22.9 Å². The third-order valence-electron chi connectivity index (χ3n) is 2.92. The minimum atomic E-state index is 0.779. The van der Waals surface area contributed by atoms with E-state index in [0.29, 0.717) is 0 Å². The van der Waals surface area contributed by atoms with E-state index in [4.69, 9.17) is 11.6 Å². The van der Waals surface area contributed by atoms with Gasteiger partial charge in [0.15, 0.2) is 0 Å². The molecule has 0 unspecified atom stereocenters. The summed E-state index contributed by atoms with van der Waals surface area (Å²) in [7, 11) is 2.16. The van der Waals surface area contributed by atoms with Crippen LogP contribution in [0.3, 0.4) is 0 Å². The fourth-order valence-electron chi connectivity index (χ4n) is 1.95. The Bertz CT molecular complexity index is 450. The van der Waals surface area contributed by atoms with Gasteiger partial charge >= 0.3 is 0 Å². The average Bonchev–Trinajstić information content (AvgIpc) is 2.76. The molecule has 1 aromatic heterocycles. The summed E-state index contributed by atoms with van der Waals surface area (Å²) in [6.07, 6.45) is 3.55. The fourth-order valence-corrected chi connectivity index (χ4v) is 3.19. The molecule has 98 valence electrons. The van der Waals surface area contributed by atoms with Crippen molar-refractivity contribution in [3.8, 4) is 0 Å². The van der Waals surface area contributed by atoms with Gasteiger partial charge in [0.05, 0.1) is 16.8 Å². The lowest BCUT2D eigenvalue weighted by Crippen LogP contribution is -2.18. The van der Waals surface area contributed by atoms with Gasteiger partial charge < -0.3 is 0 Å².